The van der Waals surface area contributed by atoms with Crippen molar-refractivity contribution in [3.63, 3.8) is 0 Å². The van der Waals surface area contributed by atoms with Crippen LogP contribution < -0.4 is 5.73 Å². The quantitative estimate of drug-likeness (QED) is 0.689. The lowest BCUT2D eigenvalue weighted by Crippen LogP contribution is -2.30. The van der Waals surface area contributed by atoms with Gasteiger partial charge in [0.1, 0.15) is 0 Å². The van der Waals surface area contributed by atoms with Gasteiger partial charge in [0.15, 0.2) is 0 Å². The minimum atomic E-state index is -0.563. The van der Waals surface area contributed by atoms with E-state index in [1.807, 2.05) is 12.1 Å². The van der Waals surface area contributed by atoms with Crippen LogP contribution in [0.4, 0.5) is 5.69 Å². The normalized spacial score (nSPS) is 12.9. The summed E-state index contributed by atoms with van der Waals surface area (Å²) in [5, 5.41) is 10.4. The van der Waals surface area contributed by atoms with Gasteiger partial charge in [-0.3, -0.25) is 0 Å². The van der Waals surface area contributed by atoms with Gasteiger partial charge in [-0.15, -0.1) is 0 Å². The molecular weight excluding hydrogens is 372 g/mol. The Bertz CT molecular complexity index is 407. The number of hydrogen-bond acceptors (Lipinski definition) is 3. The third-order valence-corrected chi connectivity index (χ3v) is 4.11. The number of nitrogens with two attached hydrogens (primary N) is 1. The standard InChI is InChI=1S/C14H22Br2N2O/c1-3-5-18(6-4-2)9-13(19)11-7-10(15)8-12(16)14(11)17/h7-8,13,19H,3-6,9,17H2,1-2H3. The van der Waals surface area contributed by atoms with E-state index < -0.39 is 6.10 Å². The summed E-state index contributed by atoms with van der Waals surface area (Å²) in [6.07, 6.45) is 1.61. The number of anilines is 1. The van der Waals surface area contributed by atoms with Crippen LogP contribution in [0.1, 0.15) is 38.4 Å². The van der Waals surface area contributed by atoms with Crippen LogP contribution in [-0.2, 0) is 0 Å². The predicted octanol–water partition coefficient (Wildman–Crippen LogP) is 3.95. The summed E-state index contributed by atoms with van der Waals surface area (Å²) < 4.78 is 1.73. The van der Waals surface area contributed by atoms with E-state index in [1.165, 1.54) is 0 Å². The van der Waals surface area contributed by atoms with E-state index >= 15 is 0 Å². The van der Waals surface area contributed by atoms with E-state index in [2.05, 4.69) is 50.6 Å². The number of hydrogen-bond donors (Lipinski definition) is 2. The number of rotatable bonds is 7. The largest absolute Gasteiger partial charge is 0.398 e. The Labute approximate surface area is 132 Å². The molecule has 0 bridgehead atoms. The molecule has 0 aliphatic rings. The van der Waals surface area contributed by atoms with Crippen molar-refractivity contribution >= 4 is 37.5 Å². The summed E-state index contributed by atoms with van der Waals surface area (Å²) >= 11 is 6.85. The average Bonchev–Trinajstić information content (AvgIpc) is 2.34. The van der Waals surface area contributed by atoms with Gasteiger partial charge in [-0.05, 0) is 54.0 Å². The maximum absolute atomic E-state index is 10.4. The molecule has 0 aliphatic heterocycles. The van der Waals surface area contributed by atoms with Crippen molar-refractivity contribution in [1.29, 1.82) is 0 Å². The van der Waals surface area contributed by atoms with Gasteiger partial charge in [0, 0.05) is 21.1 Å². The molecule has 0 saturated heterocycles. The van der Waals surface area contributed by atoms with Gasteiger partial charge in [0.2, 0.25) is 0 Å². The topological polar surface area (TPSA) is 49.5 Å². The van der Waals surface area contributed by atoms with Crippen molar-refractivity contribution in [2.45, 2.75) is 32.8 Å². The van der Waals surface area contributed by atoms with Crippen molar-refractivity contribution in [3.8, 4) is 0 Å². The van der Waals surface area contributed by atoms with Crippen LogP contribution in [0.5, 0.6) is 0 Å². The van der Waals surface area contributed by atoms with E-state index in [4.69, 9.17) is 5.73 Å². The van der Waals surface area contributed by atoms with Crippen molar-refractivity contribution in [2.24, 2.45) is 0 Å². The second-order valence-electron chi connectivity index (χ2n) is 4.71. The van der Waals surface area contributed by atoms with Crippen molar-refractivity contribution in [2.75, 3.05) is 25.4 Å². The average molecular weight is 394 g/mol. The number of benzene rings is 1. The first kappa shape index (κ1) is 17.0. The van der Waals surface area contributed by atoms with Crippen LogP contribution in [0.25, 0.3) is 0 Å². The summed E-state index contributed by atoms with van der Waals surface area (Å²) in [5.74, 6) is 0. The highest BCUT2D eigenvalue weighted by Gasteiger charge is 2.17. The zero-order valence-electron chi connectivity index (χ0n) is 11.5. The fourth-order valence-electron chi connectivity index (χ4n) is 2.15. The van der Waals surface area contributed by atoms with Crippen LogP contribution in [-0.4, -0.2) is 29.6 Å². The number of nitrogen functional groups attached to an aromatic ring is 1. The van der Waals surface area contributed by atoms with E-state index in [0.29, 0.717) is 12.2 Å². The summed E-state index contributed by atoms with van der Waals surface area (Å²) in [7, 11) is 0. The third kappa shape index (κ3) is 5.06. The van der Waals surface area contributed by atoms with Gasteiger partial charge in [0.25, 0.3) is 0 Å². The van der Waals surface area contributed by atoms with E-state index in [9.17, 15) is 5.11 Å². The highest BCUT2D eigenvalue weighted by Crippen LogP contribution is 2.32. The number of aliphatic hydroxyl groups excluding tert-OH is 1. The van der Waals surface area contributed by atoms with E-state index in [0.717, 1.165) is 40.4 Å². The summed E-state index contributed by atoms with van der Waals surface area (Å²) in [6, 6.07) is 3.78. The first-order valence-corrected chi connectivity index (χ1v) is 8.23. The van der Waals surface area contributed by atoms with Crippen molar-refractivity contribution in [1.82, 2.24) is 4.90 Å². The Morgan fingerprint density at radius 1 is 1.21 bits per heavy atom. The van der Waals surface area contributed by atoms with Gasteiger partial charge in [-0.1, -0.05) is 29.8 Å². The molecule has 1 aromatic rings. The molecule has 1 rings (SSSR count). The fraction of sp³-hybridized carbons (Fsp3) is 0.571. The molecule has 0 spiro atoms. The van der Waals surface area contributed by atoms with Crippen LogP contribution in [0, 0.1) is 0 Å². The lowest BCUT2D eigenvalue weighted by Gasteiger charge is -2.25. The third-order valence-electron chi connectivity index (χ3n) is 3.00. The van der Waals surface area contributed by atoms with Gasteiger partial charge in [-0.2, -0.15) is 0 Å². The Morgan fingerprint density at radius 2 is 1.79 bits per heavy atom. The van der Waals surface area contributed by atoms with Gasteiger partial charge >= 0.3 is 0 Å². The molecule has 1 aromatic carbocycles. The second-order valence-corrected chi connectivity index (χ2v) is 6.48. The molecule has 1 unspecified atom stereocenters. The Kier molecular flexibility index (Phi) is 7.36. The van der Waals surface area contributed by atoms with Gasteiger partial charge in [0.05, 0.1) is 11.8 Å². The lowest BCUT2D eigenvalue weighted by molar-refractivity contribution is 0.113. The molecule has 3 nitrogen and oxygen atoms in total. The maximum atomic E-state index is 10.4. The number of aliphatic hydroxyl groups is 1. The molecule has 0 heterocycles. The van der Waals surface area contributed by atoms with Crippen LogP contribution >= 0.6 is 31.9 Å². The molecule has 0 aromatic heterocycles. The maximum Gasteiger partial charge on any atom is 0.0937 e. The second kappa shape index (κ2) is 8.25. The molecule has 0 saturated carbocycles. The highest BCUT2D eigenvalue weighted by molar-refractivity contribution is 9.11. The SMILES string of the molecule is CCCN(CCC)CC(O)c1cc(Br)cc(Br)c1N. The molecule has 5 heteroatoms. The van der Waals surface area contributed by atoms with Crippen molar-refractivity contribution < 1.29 is 5.11 Å². The molecule has 0 aliphatic carbocycles. The van der Waals surface area contributed by atoms with Crippen molar-refractivity contribution in [3.05, 3.63) is 26.6 Å². The first-order valence-electron chi connectivity index (χ1n) is 6.64. The van der Waals surface area contributed by atoms with Gasteiger partial charge in [-0.25, -0.2) is 0 Å². The minimum Gasteiger partial charge on any atom is -0.398 e. The zero-order chi connectivity index (χ0) is 14.4. The lowest BCUT2D eigenvalue weighted by atomic mass is 10.1. The number of halogens is 2. The molecule has 108 valence electrons. The molecule has 0 amide bonds. The monoisotopic (exact) mass is 392 g/mol. The summed E-state index contributed by atoms with van der Waals surface area (Å²) in [5.41, 5.74) is 7.42. The first-order chi connectivity index (χ1) is 8.99. The van der Waals surface area contributed by atoms with E-state index in [-0.39, 0.29) is 0 Å². The molecule has 3 N–H and O–H groups in total. The van der Waals surface area contributed by atoms with Crippen LogP contribution in [0.3, 0.4) is 0 Å². The summed E-state index contributed by atoms with van der Waals surface area (Å²) in [4.78, 5) is 2.28. The zero-order valence-corrected chi connectivity index (χ0v) is 14.7. The van der Waals surface area contributed by atoms with Crippen LogP contribution in [0.15, 0.2) is 21.1 Å². The van der Waals surface area contributed by atoms with Gasteiger partial charge < -0.3 is 15.7 Å². The summed E-state index contributed by atoms with van der Waals surface area (Å²) in [6.45, 7) is 6.92. The van der Waals surface area contributed by atoms with Crippen LogP contribution in [0.2, 0.25) is 0 Å². The Morgan fingerprint density at radius 3 is 2.32 bits per heavy atom. The molecule has 19 heavy (non-hydrogen) atoms. The fourth-order valence-corrected chi connectivity index (χ4v) is 3.41. The smallest absolute Gasteiger partial charge is 0.0937 e. The highest BCUT2D eigenvalue weighted by atomic mass is 79.9. The molecule has 0 fully saturated rings. The minimum absolute atomic E-state index is 0.563. The Balaban J connectivity index is 2.84. The predicted molar refractivity (Wildman–Crippen MR) is 88.2 cm³/mol. The van der Waals surface area contributed by atoms with E-state index in [1.54, 1.807) is 0 Å². The number of nitrogens with zero attached hydrogens (tertiary/aromatic N) is 1. The Hall–Kier alpha value is -0.100. The molecule has 0 radical (unpaired) electrons. The molecule has 1 atom stereocenters. The molecular formula is C14H22Br2N2O.